The summed E-state index contributed by atoms with van der Waals surface area (Å²) in [4.78, 5) is 5.10. The van der Waals surface area contributed by atoms with Crippen molar-refractivity contribution in [2.75, 3.05) is 9.80 Å². The van der Waals surface area contributed by atoms with Crippen molar-refractivity contribution in [3.05, 3.63) is 181 Å². The number of benzene rings is 8. The van der Waals surface area contributed by atoms with Crippen LogP contribution in [0.5, 0.6) is 0 Å². The molecule has 0 spiro atoms. The molecule has 2 nitrogen and oxygen atoms in total. The number of anilines is 6. The largest absolute Gasteiger partial charge is 0.312 e. The van der Waals surface area contributed by atoms with Crippen LogP contribution in [0.2, 0.25) is 0 Å². The second-order valence-corrected chi connectivity index (χ2v) is 18.3. The van der Waals surface area contributed by atoms with Crippen molar-refractivity contribution in [1.29, 1.82) is 0 Å². The first kappa shape index (κ1) is 34.5. The van der Waals surface area contributed by atoms with Crippen LogP contribution in [0.25, 0.3) is 33.4 Å². The van der Waals surface area contributed by atoms with E-state index in [9.17, 15) is 0 Å². The molecule has 0 atom stereocenters. The molecule has 280 valence electrons. The Labute approximate surface area is 349 Å². The van der Waals surface area contributed by atoms with Gasteiger partial charge in [-0.05, 0) is 132 Å². The van der Waals surface area contributed by atoms with Crippen molar-refractivity contribution in [2.45, 2.75) is 46.0 Å². The number of hydrogen-bond acceptors (Lipinski definition) is 2. The number of hydrogen-bond donors (Lipinski definition) is 0. The van der Waals surface area contributed by atoms with E-state index < -0.39 is 0 Å². The summed E-state index contributed by atoms with van der Waals surface area (Å²) in [5.74, 6) is 0.458. The van der Waals surface area contributed by atoms with Crippen LogP contribution in [0.3, 0.4) is 0 Å². The topological polar surface area (TPSA) is 6.48 Å². The highest BCUT2D eigenvalue weighted by atomic mass is 15.2. The lowest BCUT2D eigenvalue weighted by molar-refractivity contribution is 0.590. The van der Waals surface area contributed by atoms with Gasteiger partial charge in [0.1, 0.15) is 0 Å². The third-order valence-electron chi connectivity index (χ3n) is 13.6. The van der Waals surface area contributed by atoms with Gasteiger partial charge in [-0.3, -0.25) is 0 Å². The van der Waals surface area contributed by atoms with Crippen LogP contribution in [0, 0.1) is 0 Å². The zero-order valence-electron chi connectivity index (χ0n) is 34.3. The molecule has 0 saturated carbocycles. The Balaban J connectivity index is 1.12. The molecule has 0 amide bonds. The third kappa shape index (κ3) is 4.96. The minimum absolute atomic E-state index is 0.101. The first-order valence-electron chi connectivity index (χ1n) is 21.3. The number of nitrogens with zero attached hydrogens (tertiary/aromatic N) is 2. The molecule has 0 aliphatic carbocycles. The number of fused-ring (bicyclic) bond motifs is 10. The highest BCUT2D eigenvalue weighted by molar-refractivity contribution is 7.03. The van der Waals surface area contributed by atoms with Crippen molar-refractivity contribution in [3.63, 3.8) is 0 Å². The minimum Gasteiger partial charge on any atom is -0.312 e. The summed E-state index contributed by atoms with van der Waals surface area (Å²) in [6.45, 7) is 11.7. The van der Waals surface area contributed by atoms with E-state index in [0.29, 0.717) is 5.92 Å². The molecule has 0 bridgehead atoms. The van der Waals surface area contributed by atoms with Crippen LogP contribution in [-0.4, -0.2) is 13.4 Å². The fourth-order valence-electron chi connectivity index (χ4n) is 10.8. The maximum absolute atomic E-state index is 2.57. The molecule has 0 N–H and O–H groups in total. The second-order valence-electron chi connectivity index (χ2n) is 18.3. The molecule has 0 unspecified atom stereocenters. The first-order valence-corrected chi connectivity index (χ1v) is 21.3. The number of para-hydroxylation sites is 2. The predicted octanol–water partition coefficient (Wildman–Crippen LogP) is 10.3. The van der Waals surface area contributed by atoms with Crippen molar-refractivity contribution in [2.24, 2.45) is 0 Å². The molecular weight excluding hydrogens is 710 g/mol. The van der Waals surface area contributed by atoms with Gasteiger partial charge in [0, 0.05) is 34.1 Å². The standard InChI is InChI=1S/C55H44B2N2/c1-34(2)36-24-28-45-43(30-36)41-18-12-20-49-53(41)56(45)47-32-52-48(33-51(47)58(49)39-14-8-6-9-15-39)57-46-29-25-37(35-22-26-38(27-23-35)55(3,4)5)31-44(46)42-19-13-21-50(54(42)57)59(52)40-16-10-7-11-17-40/h6-34H,1-5H3. The average Bonchev–Trinajstić information content (AvgIpc) is 3.78. The van der Waals surface area contributed by atoms with Gasteiger partial charge in [0.15, 0.2) is 0 Å². The van der Waals surface area contributed by atoms with Crippen LogP contribution in [0.4, 0.5) is 34.1 Å². The molecule has 0 aromatic heterocycles. The van der Waals surface area contributed by atoms with E-state index in [1.165, 1.54) is 111 Å². The quantitative estimate of drug-likeness (QED) is 0.165. The molecule has 8 aromatic rings. The Hall–Kier alpha value is -6.51. The Morgan fingerprint density at radius 3 is 1.41 bits per heavy atom. The van der Waals surface area contributed by atoms with E-state index in [-0.39, 0.29) is 18.8 Å². The van der Waals surface area contributed by atoms with Gasteiger partial charge in [-0.15, -0.1) is 0 Å². The minimum atomic E-state index is 0.101. The zero-order chi connectivity index (χ0) is 39.7. The number of rotatable bonds is 4. The van der Waals surface area contributed by atoms with E-state index in [1.807, 2.05) is 0 Å². The smallest absolute Gasteiger partial charge is 0.248 e. The summed E-state index contributed by atoms with van der Waals surface area (Å²) in [6, 6.07) is 64.8. The van der Waals surface area contributed by atoms with Crippen molar-refractivity contribution in [1.82, 2.24) is 0 Å². The molecule has 0 saturated heterocycles. The summed E-state index contributed by atoms with van der Waals surface area (Å²) in [7, 11) is 0. The Morgan fingerprint density at radius 2 is 0.898 bits per heavy atom. The lowest BCUT2D eigenvalue weighted by Crippen LogP contribution is -2.58. The van der Waals surface area contributed by atoms with Gasteiger partial charge >= 0.3 is 0 Å². The maximum Gasteiger partial charge on any atom is 0.248 e. The van der Waals surface area contributed by atoms with Gasteiger partial charge in [-0.2, -0.15) is 0 Å². The SMILES string of the molecule is CC(C)c1ccc2c(c1)-c1cccc3c1B2c1cc2c(cc1N3c1ccccc1)B1c3ccc(-c4ccc(C(C)(C)C)cc4)cc3-c3cccc(c31)N2c1ccccc1. The lowest BCUT2D eigenvalue weighted by Gasteiger charge is -2.41. The monoisotopic (exact) mass is 754 g/mol. The van der Waals surface area contributed by atoms with Gasteiger partial charge in [0.2, 0.25) is 13.4 Å². The van der Waals surface area contributed by atoms with E-state index >= 15 is 0 Å². The van der Waals surface area contributed by atoms with E-state index in [1.54, 1.807) is 0 Å². The third-order valence-corrected chi connectivity index (χ3v) is 13.6. The van der Waals surface area contributed by atoms with Crippen molar-refractivity contribution < 1.29 is 0 Å². The average molecular weight is 755 g/mol. The summed E-state index contributed by atoms with van der Waals surface area (Å²) < 4.78 is 0. The van der Waals surface area contributed by atoms with Crippen molar-refractivity contribution >= 4 is 80.3 Å². The van der Waals surface area contributed by atoms with Crippen LogP contribution in [0.1, 0.15) is 51.7 Å². The Kier molecular flexibility index (Phi) is 7.31. The van der Waals surface area contributed by atoms with Crippen LogP contribution in [0.15, 0.2) is 170 Å². The second kappa shape index (κ2) is 12.5. The molecule has 4 heteroatoms. The van der Waals surface area contributed by atoms with E-state index in [2.05, 4.69) is 214 Å². The lowest BCUT2D eigenvalue weighted by atomic mass is 9.34. The van der Waals surface area contributed by atoms with Gasteiger partial charge < -0.3 is 9.80 Å². The fraction of sp³-hybridized carbons (Fsp3) is 0.127. The predicted molar refractivity (Wildman–Crippen MR) is 254 cm³/mol. The van der Waals surface area contributed by atoms with E-state index in [0.717, 1.165) is 0 Å². The molecule has 0 fully saturated rings. The fourth-order valence-corrected chi connectivity index (χ4v) is 10.8. The summed E-state index contributed by atoms with van der Waals surface area (Å²) in [5, 5.41) is 0. The molecule has 4 aliphatic heterocycles. The molecule has 4 aliphatic rings. The molecule has 12 rings (SSSR count). The van der Waals surface area contributed by atoms with Crippen molar-refractivity contribution in [3.8, 4) is 33.4 Å². The van der Waals surface area contributed by atoms with Crippen LogP contribution >= 0.6 is 0 Å². The van der Waals surface area contributed by atoms with Crippen LogP contribution in [-0.2, 0) is 5.41 Å². The zero-order valence-corrected chi connectivity index (χ0v) is 34.3. The molecular formula is C55H44B2N2. The molecule has 4 heterocycles. The van der Waals surface area contributed by atoms with Gasteiger partial charge in [-0.1, -0.05) is 161 Å². The molecule has 59 heavy (non-hydrogen) atoms. The Morgan fingerprint density at radius 1 is 0.407 bits per heavy atom. The van der Waals surface area contributed by atoms with E-state index in [4.69, 9.17) is 0 Å². The Bertz CT molecular complexity index is 3020. The highest BCUT2D eigenvalue weighted by Crippen LogP contribution is 2.45. The van der Waals surface area contributed by atoms with Gasteiger partial charge in [0.05, 0.1) is 0 Å². The molecule has 0 radical (unpaired) electrons. The summed E-state index contributed by atoms with van der Waals surface area (Å²) >= 11 is 0. The van der Waals surface area contributed by atoms with Crippen LogP contribution < -0.4 is 42.6 Å². The van der Waals surface area contributed by atoms with Gasteiger partial charge in [-0.25, -0.2) is 0 Å². The maximum atomic E-state index is 2.57. The first-order chi connectivity index (χ1) is 28.7. The summed E-state index contributed by atoms with van der Waals surface area (Å²) in [5.41, 5.74) is 26.5. The van der Waals surface area contributed by atoms with Gasteiger partial charge in [0.25, 0.3) is 0 Å². The highest BCUT2D eigenvalue weighted by Gasteiger charge is 2.47. The molecule has 8 aromatic carbocycles. The normalized spacial score (nSPS) is 13.9. The summed E-state index contributed by atoms with van der Waals surface area (Å²) in [6.07, 6.45) is 0.